The molecule has 0 bridgehead atoms. The number of alkyl halides is 3. The standard InChI is InChI=1S/C19H11F3O2/c1-10-2-3-11-4-6-16-17(13(11)8-10)18(23)14-9-12(19(20,21)22)5-7-15(14)24-16/h2-9H,1H3. The fraction of sp³-hybridized carbons (Fsp3) is 0.105. The smallest absolute Gasteiger partial charge is 0.416 e. The van der Waals surface area contributed by atoms with Gasteiger partial charge in [0.25, 0.3) is 0 Å². The monoisotopic (exact) mass is 328 g/mol. The first-order valence-electron chi connectivity index (χ1n) is 7.32. The SMILES string of the molecule is Cc1ccc2ccc3oc4ccc(C(F)(F)F)cc4c(=O)c3c2c1. The van der Waals surface area contributed by atoms with Crippen molar-refractivity contribution in [2.45, 2.75) is 13.1 Å². The summed E-state index contributed by atoms with van der Waals surface area (Å²) >= 11 is 0. The summed E-state index contributed by atoms with van der Waals surface area (Å²) in [5, 5.41) is 1.77. The summed E-state index contributed by atoms with van der Waals surface area (Å²) in [7, 11) is 0. The molecule has 0 saturated heterocycles. The van der Waals surface area contributed by atoms with Crippen LogP contribution >= 0.6 is 0 Å². The van der Waals surface area contributed by atoms with Crippen molar-refractivity contribution >= 4 is 32.7 Å². The molecule has 4 aromatic rings. The molecule has 1 heterocycles. The van der Waals surface area contributed by atoms with Gasteiger partial charge in [0.15, 0.2) is 0 Å². The molecule has 0 aliphatic heterocycles. The Hall–Kier alpha value is -2.82. The van der Waals surface area contributed by atoms with Crippen LogP contribution in [0.5, 0.6) is 0 Å². The highest BCUT2D eigenvalue weighted by Gasteiger charge is 2.31. The Bertz CT molecular complexity index is 1170. The van der Waals surface area contributed by atoms with Crippen LogP contribution in [-0.2, 0) is 6.18 Å². The zero-order valence-corrected chi connectivity index (χ0v) is 12.6. The Labute approximate surface area is 134 Å². The summed E-state index contributed by atoms with van der Waals surface area (Å²) in [6, 6.07) is 12.1. The van der Waals surface area contributed by atoms with Crippen molar-refractivity contribution in [1.29, 1.82) is 0 Å². The molecule has 0 spiro atoms. The summed E-state index contributed by atoms with van der Waals surface area (Å²) in [4.78, 5) is 12.9. The maximum absolute atomic E-state index is 12.9. The third-order valence-electron chi connectivity index (χ3n) is 4.14. The van der Waals surface area contributed by atoms with Crippen LogP contribution in [0.15, 0.2) is 57.7 Å². The summed E-state index contributed by atoms with van der Waals surface area (Å²) in [6.07, 6.45) is -4.51. The summed E-state index contributed by atoms with van der Waals surface area (Å²) in [6.45, 7) is 1.89. The van der Waals surface area contributed by atoms with Gasteiger partial charge in [0.05, 0.1) is 16.3 Å². The minimum atomic E-state index is -4.51. The van der Waals surface area contributed by atoms with Gasteiger partial charge >= 0.3 is 6.18 Å². The number of benzene rings is 3. The van der Waals surface area contributed by atoms with E-state index in [1.54, 1.807) is 6.07 Å². The normalized spacial score (nSPS) is 12.3. The molecule has 0 unspecified atom stereocenters. The van der Waals surface area contributed by atoms with Gasteiger partial charge in [0.1, 0.15) is 11.2 Å². The number of fused-ring (bicyclic) bond motifs is 4. The van der Waals surface area contributed by atoms with Crippen LogP contribution < -0.4 is 5.43 Å². The molecule has 0 aliphatic carbocycles. The quantitative estimate of drug-likeness (QED) is 0.318. The molecule has 24 heavy (non-hydrogen) atoms. The summed E-state index contributed by atoms with van der Waals surface area (Å²) < 4.78 is 44.5. The van der Waals surface area contributed by atoms with Crippen LogP contribution in [0.25, 0.3) is 32.7 Å². The molecule has 5 heteroatoms. The molecule has 120 valence electrons. The maximum atomic E-state index is 12.9. The molecule has 1 aromatic heterocycles. The van der Waals surface area contributed by atoms with E-state index in [0.29, 0.717) is 16.4 Å². The van der Waals surface area contributed by atoms with E-state index in [1.165, 1.54) is 6.07 Å². The van der Waals surface area contributed by atoms with Crippen molar-refractivity contribution in [3.8, 4) is 0 Å². The first kappa shape index (κ1) is 14.8. The molecule has 0 saturated carbocycles. The molecular formula is C19H11F3O2. The predicted molar refractivity (Wildman–Crippen MR) is 87.2 cm³/mol. The van der Waals surface area contributed by atoms with E-state index in [0.717, 1.165) is 23.1 Å². The van der Waals surface area contributed by atoms with Gasteiger partial charge in [0, 0.05) is 0 Å². The highest BCUT2D eigenvalue weighted by molar-refractivity contribution is 6.08. The Balaban J connectivity index is 2.20. The van der Waals surface area contributed by atoms with Gasteiger partial charge in [-0.2, -0.15) is 13.2 Å². The molecule has 0 aliphatic rings. The third-order valence-corrected chi connectivity index (χ3v) is 4.14. The number of halogens is 3. The lowest BCUT2D eigenvalue weighted by Crippen LogP contribution is -2.08. The lowest BCUT2D eigenvalue weighted by atomic mass is 10.0. The van der Waals surface area contributed by atoms with Crippen LogP contribution in [0.4, 0.5) is 13.2 Å². The average molecular weight is 328 g/mol. The fourth-order valence-electron chi connectivity index (χ4n) is 2.96. The molecule has 4 rings (SSSR count). The van der Waals surface area contributed by atoms with E-state index in [1.807, 2.05) is 31.2 Å². The average Bonchev–Trinajstić information content (AvgIpc) is 2.53. The molecule has 0 fully saturated rings. The predicted octanol–water partition coefficient (Wildman–Crippen LogP) is 5.43. The second-order valence-electron chi connectivity index (χ2n) is 5.80. The third kappa shape index (κ3) is 2.16. The second kappa shape index (κ2) is 4.84. The minimum Gasteiger partial charge on any atom is -0.456 e. The van der Waals surface area contributed by atoms with E-state index in [-0.39, 0.29) is 11.0 Å². The Morgan fingerprint density at radius 1 is 0.875 bits per heavy atom. The van der Waals surface area contributed by atoms with E-state index in [9.17, 15) is 18.0 Å². The van der Waals surface area contributed by atoms with E-state index >= 15 is 0 Å². The van der Waals surface area contributed by atoms with E-state index in [4.69, 9.17) is 4.42 Å². The van der Waals surface area contributed by atoms with Crippen LogP contribution in [0.2, 0.25) is 0 Å². The molecule has 0 atom stereocenters. The van der Waals surface area contributed by atoms with Crippen molar-refractivity contribution in [2.24, 2.45) is 0 Å². The molecule has 0 N–H and O–H groups in total. The Morgan fingerprint density at radius 3 is 2.33 bits per heavy atom. The van der Waals surface area contributed by atoms with E-state index in [2.05, 4.69) is 0 Å². The van der Waals surface area contributed by atoms with Crippen molar-refractivity contribution in [3.63, 3.8) is 0 Å². The first-order chi connectivity index (χ1) is 11.3. The molecule has 2 nitrogen and oxygen atoms in total. The van der Waals surface area contributed by atoms with Gasteiger partial charge in [-0.05, 0) is 42.0 Å². The number of rotatable bonds is 0. The fourth-order valence-corrected chi connectivity index (χ4v) is 2.96. The summed E-state index contributed by atoms with van der Waals surface area (Å²) in [5.41, 5.74) is 0.156. The van der Waals surface area contributed by atoms with Gasteiger partial charge in [-0.15, -0.1) is 0 Å². The zero-order valence-electron chi connectivity index (χ0n) is 12.6. The number of hydrogen-bond donors (Lipinski definition) is 0. The Morgan fingerprint density at radius 2 is 1.58 bits per heavy atom. The highest BCUT2D eigenvalue weighted by atomic mass is 19.4. The van der Waals surface area contributed by atoms with Crippen LogP contribution in [-0.4, -0.2) is 0 Å². The maximum Gasteiger partial charge on any atom is 0.416 e. The Kier molecular flexibility index (Phi) is 2.97. The van der Waals surface area contributed by atoms with Crippen molar-refractivity contribution in [2.75, 3.05) is 0 Å². The van der Waals surface area contributed by atoms with Crippen molar-refractivity contribution < 1.29 is 17.6 Å². The van der Waals surface area contributed by atoms with Gasteiger partial charge in [-0.3, -0.25) is 4.79 Å². The highest BCUT2D eigenvalue weighted by Crippen LogP contribution is 2.32. The van der Waals surface area contributed by atoms with E-state index < -0.39 is 17.2 Å². The zero-order chi connectivity index (χ0) is 17.1. The minimum absolute atomic E-state index is 0.0636. The first-order valence-corrected chi connectivity index (χ1v) is 7.32. The van der Waals surface area contributed by atoms with Gasteiger partial charge < -0.3 is 4.42 Å². The summed E-state index contributed by atoms with van der Waals surface area (Å²) in [5.74, 6) is 0. The lowest BCUT2D eigenvalue weighted by molar-refractivity contribution is -0.137. The number of hydrogen-bond acceptors (Lipinski definition) is 2. The molecular weight excluding hydrogens is 317 g/mol. The molecule has 3 aromatic carbocycles. The van der Waals surface area contributed by atoms with Crippen molar-refractivity contribution in [1.82, 2.24) is 0 Å². The van der Waals surface area contributed by atoms with Gasteiger partial charge in [-0.1, -0.05) is 29.8 Å². The van der Waals surface area contributed by atoms with Crippen LogP contribution in [0, 0.1) is 6.92 Å². The van der Waals surface area contributed by atoms with Gasteiger partial charge in [0.2, 0.25) is 5.43 Å². The molecule has 0 radical (unpaired) electrons. The van der Waals surface area contributed by atoms with Crippen LogP contribution in [0.1, 0.15) is 11.1 Å². The molecule has 0 amide bonds. The lowest BCUT2D eigenvalue weighted by Gasteiger charge is -2.09. The van der Waals surface area contributed by atoms with Crippen molar-refractivity contribution in [3.05, 3.63) is 69.9 Å². The van der Waals surface area contributed by atoms with Gasteiger partial charge in [-0.25, -0.2) is 0 Å². The van der Waals surface area contributed by atoms with Crippen LogP contribution in [0.3, 0.4) is 0 Å². The number of aryl methyl sites for hydroxylation is 1. The topological polar surface area (TPSA) is 30.2 Å². The second-order valence-corrected chi connectivity index (χ2v) is 5.80. The largest absolute Gasteiger partial charge is 0.456 e.